The average Bonchev–Trinajstić information content (AvgIpc) is 2.82. The summed E-state index contributed by atoms with van der Waals surface area (Å²) in [5.74, 6) is 0. The largest absolute Gasteiger partial charge is 0.315 e. The highest BCUT2D eigenvalue weighted by Crippen LogP contribution is 2.24. The molecule has 0 aliphatic heterocycles. The Morgan fingerprint density at radius 3 is 2.45 bits per heavy atom. The lowest BCUT2D eigenvalue weighted by atomic mass is 9.97. The number of sulfonamides is 1. The zero-order valence-corrected chi connectivity index (χ0v) is 13.7. The minimum atomic E-state index is -3.34. The number of thiophene rings is 1. The molecular formula is C14H24N2O2S2. The van der Waals surface area contributed by atoms with Crippen LogP contribution in [0.5, 0.6) is 0 Å². The van der Waals surface area contributed by atoms with Crippen molar-refractivity contribution in [1.82, 2.24) is 10.0 Å². The quantitative estimate of drug-likeness (QED) is 0.878. The van der Waals surface area contributed by atoms with Crippen LogP contribution in [-0.4, -0.2) is 21.5 Å². The Balaban J connectivity index is 2.01. The molecule has 0 spiro atoms. The van der Waals surface area contributed by atoms with E-state index in [1.807, 2.05) is 13.1 Å². The van der Waals surface area contributed by atoms with Crippen LogP contribution in [0.2, 0.25) is 0 Å². The van der Waals surface area contributed by atoms with Crippen LogP contribution < -0.4 is 10.0 Å². The lowest BCUT2D eigenvalue weighted by Crippen LogP contribution is -2.34. The van der Waals surface area contributed by atoms with Crippen LogP contribution in [0, 0.1) is 0 Å². The first kappa shape index (κ1) is 15.9. The summed E-state index contributed by atoms with van der Waals surface area (Å²) in [6, 6.07) is 3.70. The molecule has 1 aromatic heterocycles. The predicted molar refractivity (Wildman–Crippen MR) is 83.5 cm³/mol. The van der Waals surface area contributed by atoms with Gasteiger partial charge in [0.1, 0.15) is 4.21 Å². The lowest BCUT2D eigenvalue weighted by Gasteiger charge is -2.20. The zero-order valence-electron chi connectivity index (χ0n) is 12.0. The maximum atomic E-state index is 12.4. The smallest absolute Gasteiger partial charge is 0.250 e. The molecule has 2 N–H and O–H groups in total. The fourth-order valence-electron chi connectivity index (χ4n) is 2.62. The molecule has 0 amide bonds. The topological polar surface area (TPSA) is 58.2 Å². The summed E-state index contributed by atoms with van der Waals surface area (Å²) in [5, 5.41) is 3.04. The van der Waals surface area contributed by atoms with E-state index in [1.165, 1.54) is 30.6 Å². The van der Waals surface area contributed by atoms with Crippen LogP contribution in [-0.2, 0) is 16.6 Å². The number of hydrogen-bond donors (Lipinski definition) is 2. The molecule has 1 fully saturated rings. The molecule has 1 aromatic rings. The van der Waals surface area contributed by atoms with E-state index in [-0.39, 0.29) is 6.04 Å². The van der Waals surface area contributed by atoms with Crippen molar-refractivity contribution in [2.24, 2.45) is 0 Å². The molecule has 0 atom stereocenters. The molecule has 0 aromatic carbocycles. The van der Waals surface area contributed by atoms with Gasteiger partial charge < -0.3 is 5.32 Å². The number of rotatable bonds is 5. The Hall–Kier alpha value is -0.430. The SMILES string of the molecule is CNCc1ccc(S(=O)(=O)NC2CCCCCCC2)s1. The molecule has 20 heavy (non-hydrogen) atoms. The average molecular weight is 316 g/mol. The van der Waals surface area contributed by atoms with Crippen molar-refractivity contribution in [1.29, 1.82) is 0 Å². The summed E-state index contributed by atoms with van der Waals surface area (Å²) < 4.78 is 28.1. The van der Waals surface area contributed by atoms with Crippen LogP contribution in [0.3, 0.4) is 0 Å². The van der Waals surface area contributed by atoms with Gasteiger partial charge in [0.2, 0.25) is 10.0 Å². The highest BCUT2D eigenvalue weighted by Gasteiger charge is 2.22. The molecule has 1 heterocycles. The lowest BCUT2D eigenvalue weighted by molar-refractivity contribution is 0.427. The highest BCUT2D eigenvalue weighted by atomic mass is 32.2. The van der Waals surface area contributed by atoms with E-state index in [1.54, 1.807) is 6.07 Å². The van der Waals surface area contributed by atoms with E-state index in [9.17, 15) is 8.42 Å². The Morgan fingerprint density at radius 2 is 1.80 bits per heavy atom. The Morgan fingerprint density at radius 1 is 1.15 bits per heavy atom. The first-order valence-electron chi connectivity index (χ1n) is 7.37. The maximum absolute atomic E-state index is 12.4. The molecule has 1 saturated carbocycles. The van der Waals surface area contributed by atoms with Gasteiger partial charge in [-0.15, -0.1) is 11.3 Å². The summed E-state index contributed by atoms with van der Waals surface area (Å²) in [6.45, 7) is 0.712. The van der Waals surface area contributed by atoms with Gasteiger partial charge in [0, 0.05) is 17.5 Å². The third kappa shape index (κ3) is 4.55. The second-order valence-corrected chi connectivity index (χ2v) is 8.52. The van der Waals surface area contributed by atoms with Gasteiger partial charge in [-0.2, -0.15) is 0 Å². The van der Waals surface area contributed by atoms with E-state index in [2.05, 4.69) is 10.0 Å². The first-order chi connectivity index (χ1) is 9.62. The van der Waals surface area contributed by atoms with E-state index in [0.717, 1.165) is 30.6 Å². The van der Waals surface area contributed by atoms with Gasteiger partial charge >= 0.3 is 0 Å². The third-order valence-electron chi connectivity index (χ3n) is 3.68. The fourth-order valence-corrected chi connectivity index (χ4v) is 5.31. The second kappa shape index (κ2) is 7.54. The maximum Gasteiger partial charge on any atom is 0.250 e. The third-order valence-corrected chi connectivity index (χ3v) is 6.78. The summed E-state index contributed by atoms with van der Waals surface area (Å²) >= 11 is 1.35. The van der Waals surface area contributed by atoms with Crippen molar-refractivity contribution < 1.29 is 8.42 Å². The van der Waals surface area contributed by atoms with Gasteiger partial charge in [-0.25, -0.2) is 13.1 Å². The van der Waals surface area contributed by atoms with Crippen LogP contribution in [0.15, 0.2) is 16.3 Å². The summed E-state index contributed by atoms with van der Waals surface area (Å²) in [5.41, 5.74) is 0. The number of hydrogen-bond acceptors (Lipinski definition) is 4. The summed E-state index contributed by atoms with van der Waals surface area (Å²) in [4.78, 5) is 1.05. The minimum Gasteiger partial charge on any atom is -0.315 e. The van der Waals surface area contributed by atoms with Crippen LogP contribution in [0.4, 0.5) is 0 Å². The van der Waals surface area contributed by atoms with Gasteiger partial charge in [-0.1, -0.05) is 32.1 Å². The van der Waals surface area contributed by atoms with Crippen molar-refractivity contribution in [2.45, 2.75) is 61.7 Å². The molecule has 0 unspecified atom stereocenters. The normalized spacial score (nSPS) is 18.6. The zero-order chi connectivity index (χ0) is 14.4. The van der Waals surface area contributed by atoms with Crippen molar-refractivity contribution >= 4 is 21.4 Å². The molecule has 4 nitrogen and oxygen atoms in total. The molecule has 1 aliphatic carbocycles. The predicted octanol–water partition coefficient (Wildman–Crippen LogP) is 2.86. The van der Waals surface area contributed by atoms with Crippen molar-refractivity contribution in [3.05, 3.63) is 17.0 Å². The summed E-state index contributed by atoms with van der Waals surface area (Å²) in [6.07, 6.45) is 7.93. The Labute approximate surface area is 126 Å². The van der Waals surface area contributed by atoms with Crippen molar-refractivity contribution in [2.75, 3.05) is 7.05 Å². The van der Waals surface area contributed by atoms with Gasteiger partial charge in [0.05, 0.1) is 0 Å². The van der Waals surface area contributed by atoms with Crippen molar-refractivity contribution in [3.8, 4) is 0 Å². The minimum absolute atomic E-state index is 0.107. The standard InChI is InChI=1S/C14H24N2O2S2/c1-15-11-13-9-10-14(19-13)20(17,18)16-12-7-5-3-2-4-6-8-12/h9-10,12,15-16H,2-8,11H2,1H3. The van der Waals surface area contributed by atoms with Gasteiger partial charge in [0.25, 0.3) is 0 Å². The molecule has 0 saturated heterocycles. The monoisotopic (exact) mass is 316 g/mol. The molecule has 6 heteroatoms. The van der Waals surface area contributed by atoms with E-state index in [0.29, 0.717) is 10.8 Å². The van der Waals surface area contributed by atoms with Crippen molar-refractivity contribution in [3.63, 3.8) is 0 Å². The van der Waals surface area contributed by atoms with E-state index >= 15 is 0 Å². The number of nitrogens with one attached hydrogen (secondary N) is 2. The first-order valence-corrected chi connectivity index (χ1v) is 9.67. The van der Waals surface area contributed by atoms with Crippen LogP contribution in [0.25, 0.3) is 0 Å². The van der Waals surface area contributed by atoms with Crippen LogP contribution in [0.1, 0.15) is 49.8 Å². The molecular weight excluding hydrogens is 292 g/mol. The molecule has 114 valence electrons. The Kier molecular flexibility index (Phi) is 6.01. The highest BCUT2D eigenvalue weighted by molar-refractivity contribution is 7.91. The fraction of sp³-hybridized carbons (Fsp3) is 0.714. The Bertz CT molecular complexity index is 503. The van der Waals surface area contributed by atoms with Gasteiger partial charge in [0.15, 0.2) is 0 Å². The molecule has 0 bridgehead atoms. The second-order valence-electron chi connectivity index (χ2n) is 5.41. The van der Waals surface area contributed by atoms with E-state index < -0.39 is 10.0 Å². The van der Waals surface area contributed by atoms with Gasteiger partial charge in [-0.05, 0) is 32.0 Å². The summed E-state index contributed by atoms with van der Waals surface area (Å²) in [7, 11) is -1.48. The van der Waals surface area contributed by atoms with Gasteiger partial charge in [-0.3, -0.25) is 0 Å². The van der Waals surface area contributed by atoms with E-state index in [4.69, 9.17) is 0 Å². The molecule has 2 rings (SSSR count). The van der Waals surface area contributed by atoms with Crippen LogP contribution >= 0.6 is 11.3 Å². The molecule has 1 aliphatic rings. The molecule has 0 radical (unpaired) electrons.